The summed E-state index contributed by atoms with van der Waals surface area (Å²) in [5, 5.41) is 0. The highest BCUT2D eigenvalue weighted by Gasteiger charge is 2.30. The van der Waals surface area contributed by atoms with Crippen LogP contribution < -0.4 is 15.2 Å². The first kappa shape index (κ1) is 14.1. The van der Waals surface area contributed by atoms with Crippen LogP contribution in [0.15, 0.2) is 12.1 Å². The van der Waals surface area contributed by atoms with Crippen LogP contribution in [-0.2, 0) is 12.3 Å². The second-order valence-corrected chi connectivity index (χ2v) is 5.08. The normalized spacial score (nSPS) is 16.9. The van der Waals surface area contributed by atoms with E-state index in [1.165, 1.54) is 6.07 Å². The average Bonchev–Trinajstić information content (AvgIpc) is 2.50. The number of hydrogen-bond acceptors (Lipinski definition) is 3. The van der Waals surface area contributed by atoms with E-state index < -0.39 is 5.92 Å². The fourth-order valence-corrected chi connectivity index (χ4v) is 2.18. The van der Waals surface area contributed by atoms with Gasteiger partial charge in [-0.3, -0.25) is 0 Å². The molecule has 0 aliphatic carbocycles. The van der Waals surface area contributed by atoms with Crippen LogP contribution >= 0.6 is 0 Å². The molecule has 1 heterocycles. The number of benzene rings is 1. The molecular formula is C14H19F2NO2. The van der Waals surface area contributed by atoms with E-state index in [0.717, 1.165) is 13.3 Å². The number of hydrogen-bond donors (Lipinski definition) is 1. The van der Waals surface area contributed by atoms with Crippen LogP contribution in [0.25, 0.3) is 0 Å². The maximum absolute atomic E-state index is 13.7. The molecule has 0 aromatic heterocycles. The molecule has 1 aliphatic heterocycles. The Morgan fingerprint density at radius 2 is 1.84 bits per heavy atom. The van der Waals surface area contributed by atoms with Gasteiger partial charge in [-0.25, -0.2) is 8.78 Å². The molecule has 0 spiro atoms. The second kappa shape index (κ2) is 5.33. The maximum atomic E-state index is 13.7. The summed E-state index contributed by atoms with van der Waals surface area (Å²) in [6, 6.07) is 2.83. The zero-order chi connectivity index (χ0) is 14.0. The lowest BCUT2D eigenvalue weighted by Crippen LogP contribution is -2.21. The van der Waals surface area contributed by atoms with Crippen molar-refractivity contribution in [3.63, 3.8) is 0 Å². The van der Waals surface area contributed by atoms with Gasteiger partial charge in [-0.1, -0.05) is 0 Å². The summed E-state index contributed by atoms with van der Waals surface area (Å²) < 4.78 is 38.4. The van der Waals surface area contributed by atoms with Crippen LogP contribution in [0.2, 0.25) is 0 Å². The van der Waals surface area contributed by atoms with Gasteiger partial charge in [0.25, 0.3) is 5.92 Å². The van der Waals surface area contributed by atoms with Crippen LogP contribution in [-0.4, -0.2) is 19.3 Å². The molecule has 1 atom stereocenters. The largest absolute Gasteiger partial charge is 0.490 e. The Morgan fingerprint density at radius 3 is 2.37 bits per heavy atom. The fourth-order valence-electron chi connectivity index (χ4n) is 2.18. The highest BCUT2D eigenvalue weighted by Crippen LogP contribution is 2.39. The van der Waals surface area contributed by atoms with Gasteiger partial charge in [0.2, 0.25) is 0 Å². The van der Waals surface area contributed by atoms with E-state index in [1.54, 1.807) is 13.0 Å². The summed E-state index contributed by atoms with van der Waals surface area (Å²) in [6.45, 7) is 3.69. The van der Waals surface area contributed by atoms with Crippen molar-refractivity contribution in [1.29, 1.82) is 0 Å². The van der Waals surface area contributed by atoms with Gasteiger partial charge < -0.3 is 15.2 Å². The first-order valence-electron chi connectivity index (χ1n) is 6.44. The van der Waals surface area contributed by atoms with Crippen molar-refractivity contribution in [2.45, 2.75) is 38.7 Å². The van der Waals surface area contributed by atoms with Crippen molar-refractivity contribution in [1.82, 2.24) is 0 Å². The van der Waals surface area contributed by atoms with E-state index in [-0.39, 0.29) is 11.6 Å². The minimum Gasteiger partial charge on any atom is -0.490 e. The lowest BCUT2D eigenvalue weighted by Gasteiger charge is -2.20. The molecule has 1 aromatic carbocycles. The van der Waals surface area contributed by atoms with Gasteiger partial charge in [0.05, 0.1) is 13.2 Å². The highest BCUT2D eigenvalue weighted by atomic mass is 19.3. The Bertz CT molecular complexity index is 455. The van der Waals surface area contributed by atoms with Gasteiger partial charge in [-0.15, -0.1) is 0 Å². The van der Waals surface area contributed by atoms with E-state index in [4.69, 9.17) is 15.2 Å². The summed E-state index contributed by atoms with van der Waals surface area (Å²) in [7, 11) is 0. The van der Waals surface area contributed by atoms with Crippen LogP contribution in [0.4, 0.5) is 8.78 Å². The molecule has 5 heteroatoms. The number of ether oxygens (including phenoxy) is 2. The zero-order valence-corrected chi connectivity index (χ0v) is 11.2. The third kappa shape index (κ3) is 3.35. The summed E-state index contributed by atoms with van der Waals surface area (Å²) in [5.41, 5.74) is 6.21. The predicted molar refractivity (Wildman–Crippen MR) is 69.0 cm³/mol. The predicted octanol–water partition coefficient (Wildman–Crippen LogP) is 2.85. The maximum Gasteiger partial charge on any atom is 0.270 e. The van der Waals surface area contributed by atoms with Gasteiger partial charge >= 0.3 is 0 Å². The van der Waals surface area contributed by atoms with E-state index in [0.29, 0.717) is 36.7 Å². The smallest absolute Gasteiger partial charge is 0.270 e. The molecule has 1 aliphatic rings. The number of nitrogens with two attached hydrogens (primary N) is 1. The van der Waals surface area contributed by atoms with Crippen LogP contribution in [0.5, 0.6) is 11.5 Å². The molecule has 19 heavy (non-hydrogen) atoms. The van der Waals surface area contributed by atoms with E-state index in [2.05, 4.69) is 0 Å². The third-order valence-electron chi connectivity index (χ3n) is 2.99. The summed E-state index contributed by atoms with van der Waals surface area (Å²) in [4.78, 5) is 0. The summed E-state index contributed by atoms with van der Waals surface area (Å²) in [5.74, 6) is -2.00. The minimum absolute atomic E-state index is 0.0333. The molecule has 2 N–H and O–H groups in total. The van der Waals surface area contributed by atoms with Crippen molar-refractivity contribution in [2.75, 3.05) is 13.2 Å². The molecule has 0 radical (unpaired) electrons. The van der Waals surface area contributed by atoms with Crippen LogP contribution in [0, 0.1) is 0 Å². The highest BCUT2D eigenvalue weighted by molar-refractivity contribution is 5.49. The molecule has 3 nitrogen and oxygen atoms in total. The summed E-state index contributed by atoms with van der Waals surface area (Å²) in [6.07, 6.45) is 1.13. The SMILES string of the molecule is CC(N)Cc1cc2c(cc1C(C)(F)F)OCCCO2. The first-order valence-corrected chi connectivity index (χ1v) is 6.44. The van der Waals surface area contributed by atoms with Crippen LogP contribution in [0.1, 0.15) is 31.4 Å². The van der Waals surface area contributed by atoms with Crippen molar-refractivity contribution in [3.05, 3.63) is 23.3 Å². The molecule has 2 rings (SSSR count). The Morgan fingerprint density at radius 1 is 1.26 bits per heavy atom. The molecule has 1 aromatic rings. The van der Waals surface area contributed by atoms with Crippen molar-refractivity contribution in [3.8, 4) is 11.5 Å². The molecule has 0 saturated heterocycles. The number of alkyl halides is 2. The quantitative estimate of drug-likeness (QED) is 0.919. The molecule has 0 amide bonds. The molecule has 1 unspecified atom stereocenters. The number of halogens is 2. The topological polar surface area (TPSA) is 44.5 Å². The number of rotatable bonds is 3. The van der Waals surface area contributed by atoms with Gasteiger partial charge in [-0.05, 0) is 31.0 Å². The minimum atomic E-state index is -2.92. The lowest BCUT2D eigenvalue weighted by molar-refractivity contribution is 0.0162. The van der Waals surface area contributed by atoms with Crippen molar-refractivity contribution < 1.29 is 18.3 Å². The Hall–Kier alpha value is -1.36. The van der Waals surface area contributed by atoms with Gasteiger partial charge in [0.15, 0.2) is 11.5 Å². The standard InChI is InChI=1S/C14H19F2NO2/c1-9(17)6-10-7-12-13(19-5-3-4-18-12)8-11(10)14(2,15)16/h7-9H,3-6,17H2,1-2H3. The fraction of sp³-hybridized carbons (Fsp3) is 0.571. The van der Waals surface area contributed by atoms with E-state index in [1.807, 2.05) is 0 Å². The Labute approximate surface area is 111 Å². The van der Waals surface area contributed by atoms with Gasteiger partial charge in [-0.2, -0.15) is 0 Å². The lowest BCUT2D eigenvalue weighted by atomic mass is 9.96. The van der Waals surface area contributed by atoms with Crippen molar-refractivity contribution >= 4 is 0 Å². The molecule has 106 valence electrons. The Kier molecular flexibility index (Phi) is 3.94. The number of fused-ring (bicyclic) bond motifs is 1. The molecular weight excluding hydrogens is 252 g/mol. The average molecular weight is 271 g/mol. The van der Waals surface area contributed by atoms with Gasteiger partial charge in [0.1, 0.15) is 0 Å². The monoisotopic (exact) mass is 271 g/mol. The molecule has 0 bridgehead atoms. The Balaban J connectivity index is 2.47. The second-order valence-electron chi connectivity index (χ2n) is 5.08. The third-order valence-corrected chi connectivity index (χ3v) is 2.99. The molecule has 0 saturated carbocycles. The van der Waals surface area contributed by atoms with E-state index in [9.17, 15) is 8.78 Å². The van der Waals surface area contributed by atoms with Gasteiger partial charge in [0, 0.05) is 24.9 Å². The molecule has 0 fully saturated rings. The van der Waals surface area contributed by atoms with Crippen LogP contribution in [0.3, 0.4) is 0 Å². The zero-order valence-electron chi connectivity index (χ0n) is 11.2. The van der Waals surface area contributed by atoms with Crippen molar-refractivity contribution in [2.24, 2.45) is 5.73 Å². The summed E-state index contributed by atoms with van der Waals surface area (Å²) >= 11 is 0. The van der Waals surface area contributed by atoms with E-state index >= 15 is 0 Å². The first-order chi connectivity index (χ1) is 8.88.